The molecule has 0 unspecified atom stereocenters. The molecule has 1 aromatic heterocycles. The van der Waals surface area contributed by atoms with Crippen LogP contribution in [-0.4, -0.2) is 47.0 Å². The second-order valence-electron chi connectivity index (χ2n) is 8.24. The highest BCUT2D eigenvalue weighted by atomic mass is 16.4. The smallest absolute Gasteiger partial charge is 0.336 e. The number of aryl methyl sites for hydroxylation is 2. The van der Waals surface area contributed by atoms with E-state index in [-0.39, 0.29) is 11.7 Å². The van der Waals surface area contributed by atoms with Crippen molar-refractivity contribution in [2.75, 3.05) is 26.2 Å². The van der Waals surface area contributed by atoms with E-state index in [0.717, 1.165) is 35.2 Å². The first-order chi connectivity index (χ1) is 14.9. The lowest BCUT2D eigenvalue weighted by atomic mass is 10.0. The number of nitrogens with zero attached hydrogens (tertiary/aromatic N) is 2. The normalized spacial score (nSPS) is 14.8. The summed E-state index contributed by atoms with van der Waals surface area (Å²) in [5, 5.41) is 11.0. The van der Waals surface area contributed by atoms with Crippen LogP contribution in [0.2, 0.25) is 0 Å². The number of fused-ring (bicyclic) bond motifs is 1. The Bertz CT molecular complexity index is 1140. The minimum Gasteiger partial charge on any atom is -0.508 e. The van der Waals surface area contributed by atoms with Gasteiger partial charge in [-0.25, -0.2) is 4.79 Å². The van der Waals surface area contributed by atoms with Crippen molar-refractivity contribution in [2.45, 2.75) is 33.2 Å². The summed E-state index contributed by atoms with van der Waals surface area (Å²) in [5.41, 5.74) is 3.93. The number of hydrogen-bond donors (Lipinski definition) is 1. The summed E-state index contributed by atoms with van der Waals surface area (Å²) < 4.78 is 5.30. The van der Waals surface area contributed by atoms with Crippen LogP contribution in [0, 0.1) is 6.92 Å². The second-order valence-corrected chi connectivity index (χ2v) is 8.24. The molecule has 0 atom stereocenters. The van der Waals surface area contributed by atoms with E-state index in [1.54, 1.807) is 0 Å². The fourth-order valence-electron chi connectivity index (χ4n) is 4.11. The van der Waals surface area contributed by atoms with Gasteiger partial charge in [-0.1, -0.05) is 36.8 Å². The first-order valence-electron chi connectivity index (χ1n) is 10.8. The molecule has 162 valence electrons. The van der Waals surface area contributed by atoms with Crippen LogP contribution < -0.4 is 5.63 Å². The van der Waals surface area contributed by atoms with Gasteiger partial charge in [0.15, 0.2) is 0 Å². The van der Waals surface area contributed by atoms with Crippen molar-refractivity contribution in [3.8, 4) is 5.75 Å². The Labute approximate surface area is 181 Å². The van der Waals surface area contributed by atoms with Crippen LogP contribution in [0.1, 0.15) is 29.2 Å². The van der Waals surface area contributed by atoms with Gasteiger partial charge >= 0.3 is 5.63 Å². The number of carbonyl (C=O) groups is 1. The summed E-state index contributed by atoms with van der Waals surface area (Å²) in [5.74, 6) is 0.299. The van der Waals surface area contributed by atoms with E-state index in [1.807, 2.05) is 49.1 Å². The molecular weight excluding hydrogens is 392 g/mol. The summed E-state index contributed by atoms with van der Waals surface area (Å²) in [6.45, 7) is 7.47. The van der Waals surface area contributed by atoms with Crippen molar-refractivity contribution in [1.29, 1.82) is 0 Å². The third-order valence-corrected chi connectivity index (χ3v) is 6.01. The predicted molar refractivity (Wildman–Crippen MR) is 120 cm³/mol. The summed E-state index contributed by atoms with van der Waals surface area (Å²) in [7, 11) is 0. The fraction of sp³-hybridized carbons (Fsp3) is 0.360. The van der Waals surface area contributed by atoms with Gasteiger partial charge in [0.05, 0.1) is 6.42 Å². The minimum atomic E-state index is -0.418. The molecule has 1 saturated heterocycles. The third-order valence-electron chi connectivity index (χ3n) is 6.01. The average Bonchev–Trinajstić information content (AvgIpc) is 2.75. The van der Waals surface area contributed by atoms with E-state index in [2.05, 4.69) is 4.90 Å². The van der Waals surface area contributed by atoms with E-state index in [1.165, 1.54) is 17.7 Å². The van der Waals surface area contributed by atoms with Gasteiger partial charge in [0.1, 0.15) is 11.3 Å². The summed E-state index contributed by atoms with van der Waals surface area (Å²) in [6, 6.07) is 13.1. The van der Waals surface area contributed by atoms with Crippen molar-refractivity contribution in [3.63, 3.8) is 0 Å². The molecule has 2 aromatic carbocycles. The van der Waals surface area contributed by atoms with Gasteiger partial charge in [-0.15, -0.1) is 0 Å². The number of amides is 1. The van der Waals surface area contributed by atoms with Gasteiger partial charge in [-0.3, -0.25) is 9.69 Å². The van der Waals surface area contributed by atoms with E-state index in [0.29, 0.717) is 38.1 Å². The number of phenolic OH excluding ortho intramolecular Hbond substituents is 1. The van der Waals surface area contributed by atoms with Crippen molar-refractivity contribution in [2.24, 2.45) is 0 Å². The number of carbonyl (C=O) groups excluding carboxylic acids is 1. The van der Waals surface area contributed by atoms with Gasteiger partial charge in [0.25, 0.3) is 0 Å². The van der Waals surface area contributed by atoms with Crippen LogP contribution >= 0.6 is 0 Å². The standard InChI is InChI=1S/C25H28N2O4/c1-3-19-13-21-20(14-25(30)31-23(21)15-22(19)28)16-26-8-10-27(11-9-26)24(29)12-18-6-4-17(2)5-7-18/h4-7,13-15,28H,3,8-12,16H2,1-2H3. The first kappa shape index (κ1) is 21.1. The van der Waals surface area contributed by atoms with Gasteiger partial charge in [0.2, 0.25) is 5.91 Å². The number of aromatic hydroxyl groups is 1. The van der Waals surface area contributed by atoms with E-state index < -0.39 is 5.63 Å². The summed E-state index contributed by atoms with van der Waals surface area (Å²) in [6.07, 6.45) is 1.12. The van der Waals surface area contributed by atoms with Crippen molar-refractivity contribution in [1.82, 2.24) is 9.80 Å². The lowest BCUT2D eigenvalue weighted by Crippen LogP contribution is -2.48. The molecular formula is C25H28N2O4. The fourth-order valence-corrected chi connectivity index (χ4v) is 4.11. The maximum atomic E-state index is 12.7. The van der Waals surface area contributed by atoms with E-state index >= 15 is 0 Å². The second kappa shape index (κ2) is 8.94. The van der Waals surface area contributed by atoms with Crippen molar-refractivity contribution < 1.29 is 14.3 Å². The average molecular weight is 421 g/mol. The molecule has 0 aliphatic carbocycles. The zero-order valence-electron chi connectivity index (χ0n) is 18.1. The zero-order valence-corrected chi connectivity index (χ0v) is 18.1. The van der Waals surface area contributed by atoms with Crippen LogP contribution in [0.4, 0.5) is 0 Å². The van der Waals surface area contributed by atoms with Crippen molar-refractivity contribution in [3.05, 3.63) is 75.1 Å². The Hall–Kier alpha value is -3.12. The van der Waals surface area contributed by atoms with Gasteiger partial charge < -0.3 is 14.4 Å². The highest BCUT2D eigenvalue weighted by Crippen LogP contribution is 2.27. The lowest BCUT2D eigenvalue weighted by molar-refractivity contribution is -0.132. The van der Waals surface area contributed by atoms with Crippen LogP contribution in [0.25, 0.3) is 11.0 Å². The highest BCUT2D eigenvalue weighted by molar-refractivity contribution is 5.83. The van der Waals surface area contributed by atoms with Gasteiger partial charge in [-0.2, -0.15) is 0 Å². The number of hydrogen-bond acceptors (Lipinski definition) is 5. The number of benzene rings is 2. The summed E-state index contributed by atoms with van der Waals surface area (Å²) >= 11 is 0. The van der Waals surface area contributed by atoms with Crippen LogP contribution in [0.15, 0.2) is 51.7 Å². The first-order valence-corrected chi connectivity index (χ1v) is 10.8. The third kappa shape index (κ3) is 4.80. The van der Waals surface area contributed by atoms with Gasteiger partial charge in [0, 0.05) is 50.2 Å². The van der Waals surface area contributed by atoms with Crippen molar-refractivity contribution >= 4 is 16.9 Å². The SMILES string of the molecule is CCc1cc2c(CN3CCN(C(=O)Cc4ccc(C)cc4)CC3)cc(=O)oc2cc1O. The minimum absolute atomic E-state index is 0.149. The molecule has 1 fully saturated rings. The molecule has 0 saturated carbocycles. The number of phenols is 1. The highest BCUT2D eigenvalue weighted by Gasteiger charge is 2.22. The molecule has 4 rings (SSSR count). The Morgan fingerprint density at radius 1 is 1.03 bits per heavy atom. The molecule has 1 N–H and O–H groups in total. The lowest BCUT2D eigenvalue weighted by Gasteiger charge is -2.35. The maximum Gasteiger partial charge on any atom is 0.336 e. The molecule has 6 nitrogen and oxygen atoms in total. The maximum absolute atomic E-state index is 12.7. The van der Waals surface area contributed by atoms with Crippen LogP contribution in [0.3, 0.4) is 0 Å². The van der Waals surface area contributed by atoms with Gasteiger partial charge in [-0.05, 0) is 36.1 Å². The number of rotatable bonds is 5. The molecule has 3 aromatic rings. The topological polar surface area (TPSA) is 74.0 Å². The Morgan fingerprint density at radius 2 is 1.74 bits per heavy atom. The molecule has 0 bridgehead atoms. The molecule has 2 heterocycles. The molecule has 1 aliphatic heterocycles. The molecule has 31 heavy (non-hydrogen) atoms. The van der Waals surface area contributed by atoms with Crippen LogP contribution in [-0.2, 0) is 24.2 Å². The zero-order chi connectivity index (χ0) is 22.0. The molecule has 0 radical (unpaired) electrons. The van der Waals surface area contributed by atoms with E-state index in [4.69, 9.17) is 4.42 Å². The van der Waals surface area contributed by atoms with E-state index in [9.17, 15) is 14.7 Å². The molecule has 0 spiro atoms. The quantitative estimate of drug-likeness (QED) is 0.642. The Morgan fingerprint density at radius 3 is 2.42 bits per heavy atom. The Kier molecular flexibility index (Phi) is 6.09. The summed E-state index contributed by atoms with van der Waals surface area (Å²) in [4.78, 5) is 28.9. The predicted octanol–water partition coefficient (Wildman–Crippen LogP) is 3.26. The number of piperazine rings is 1. The molecule has 6 heteroatoms. The largest absolute Gasteiger partial charge is 0.508 e. The monoisotopic (exact) mass is 420 g/mol. The Balaban J connectivity index is 1.43. The van der Waals surface area contributed by atoms with Crippen LogP contribution in [0.5, 0.6) is 5.75 Å². The molecule has 1 aliphatic rings. The molecule has 1 amide bonds.